The number of β-amino-alcohol motifs (C(OH)–C–C–N with tert-alkyl or cyclic N) is 2. The van der Waals surface area contributed by atoms with Crippen LogP contribution in [0.1, 0.15) is 0 Å². The molecule has 2 fully saturated rings. The quantitative estimate of drug-likeness (QED) is 0.176. The fraction of sp³-hybridized carbons (Fsp3) is 0.941. The first-order valence-electron chi connectivity index (χ1n) is 9.79. The van der Waals surface area contributed by atoms with Crippen LogP contribution in [0.15, 0.2) is 0 Å². The number of hydrogen-bond donors (Lipinski definition) is 2. The standard InChI is InChI=1S/C17H32N4O8.Gd/c1-28-16(26)12-20-5-3-18(10-14(22)23)2-4-19(11-15(24)25)6-8-21(9-7-20)13-29-17(21)27;/h14-15,17,22,24H,2-13H2,1H3;/q-2;+3. The van der Waals surface area contributed by atoms with E-state index in [0.29, 0.717) is 52.4 Å². The third-order valence-corrected chi connectivity index (χ3v) is 5.52. The maximum atomic E-state index is 12.2. The van der Waals surface area contributed by atoms with Gasteiger partial charge in [-0.3, -0.25) is 28.7 Å². The van der Waals surface area contributed by atoms with Crippen LogP contribution in [0.5, 0.6) is 0 Å². The number of esters is 1. The van der Waals surface area contributed by atoms with Crippen LogP contribution in [0, 0.1) is 39.9 Å². The summed E-state index contributed by atoms with van der Waals surface area (Å²) in [5.41, 5.74) is 0. The summed E-state index contributed by atoms with van der Waals surface area (Å²) < 4.78 is 9.99. The van der Waals surface area contributed by atoms with Crippen molar-refractivity contribution in [2.24, 2.45) is 0 Å². The maximum Gasteiger partial charge on any atom is 3.00 e. The SMILES string of the molecule is COC(=O)CN1CCN(CC([O-])O)CCN(CC([O-])O)CC[N+]2(CC1)COC2[O-].[Gd+3]. The Labute approximate surface area is 208 Å². The van der Waals surface area contributed by atoms with Gasteiger partial charge in [0.05, 0.1) is 26.7 Å². The van der Waals surface area contributed by atoms with Crippen molar-refractivity contribution >= 4 is 5.97 Å². The molecule has 2 heterocycles. The Bertz CT molecular complexity index is 518. The van der Waals surface area contributed by atoms with Crippen LogP contribution in [-0.2, 0) is 14.3 Å². The predicted octanol–water partition coefficient (Wildman–Crippen LogP) is -6.12. The summed E-state index contributed by atoms with van der Waals surface area (Å²) in [4.78, 5) is 17.1. The minimum absolute atomic E-state index is 0. The van der Waals surface area contributed by atoms with E-state index in [1.807, 2.05) is 4.90 Å². The molecule has 2 saturated heterocycles. The molecule has 0 saturated carbocycles. The Hall–Kier alpha value is 0.395. The monoisotopic (exact) mass is 578 g/mol. The number of carbonyl (C=O) groups is 1. The minimum Gasteiger partial charge on any atom is -0.830 e. The Balaban J connectivity index is 0.00000450. The molecule has 0 aliphatic carbocycles. The Kier molecular flexibility index (Phi) is 13.1. The van der Waals surface area contributed by atoms with Gasteiger partial charge in [-0.1, -0.05) is 0 Å². The third-order valence-electron chi connectivity index (χ3n) is 5.52. The van der Waals surface area contributed by atoms with E-state index in [9.17, 15) is 30.3 Å². The van der Waals surface area contributed by atoms with E-state index in [2.05, 4.69) is 0 Å². The molecule has 1 radical (unpaired) electrons. The number of nitrogens with zero attached hydrogens (tertiary/aromatic N) is 4. The number of aliphatic hydroxyl groups excluding tert-OH is 2. The van der Waals surface area contributed by atoms with Crippen molar-refractivity contribution in [1.82, 2.24) is 14.7 Å². The molecule has 0 aromatic rings. The molecule has 13 heteroatoms. The number of carbonyl (C=O) groups excluding carboxylic acids is 1. The Morgan fingerprint density at radius 3 is 1.90 bits per heavy atom. The van der Waals surface area contributed by atoms with E-state index in [4.69, 9.17) is 9.47 Å². The fourth-order valence-electron chi connectivity index (χ4n) is 3.59. The second-order valence-corrected chi connectivity index (χ2v) is 7.63. The zero-order valence-corrected chi connectivity index (χ0v) is 19.5. The number of rotatable bonds is 6. The van der Waals surface area contributed by atoms with Gasteiger partial charge in [-0.25, -0.2) is 0 Å². The van der Waals surface area contributed by atoms with Crippen molar-refractivity contribution in [2.45, 2.75) is 19.0 Å². The summed E-state index contributed by atoms with van der Waals surface area (Å²) in [6.07, 6.45) is -4.74. The summed E-state index contributed by atoms with van der Waals surface area (Å²) in [6.45, 7) is 3.57. The van der Waals surface area contributed by atoms with Crippen molar-refractivity contribution in [3.05, 3.63) is 0 Å². The first-order valence-corrected chi connectivity index (χ1v) is 9.79. The van der Waals surface area contributed by atoms with Crippen molar-refractivity contribution < 1.29 is 84.2 Å². The molecule has 1 spiro atoms. The molecule has 4 atom stereocenters. The van der Waals surface area contributed by atoms with Crippen molar-refractivity contribution in [2.75, 3.05) is 85.8 Å². The van der Waals surface area contributed by atoms with Crippen LogP contribution in [0.25, 0.3) is 0 Å². The third kappa shape index (κ3) is 9.10. The summed E-state index contributed by atoms with van der Waals surface area (Å²) in [6, 6.07) is 0. The molecule has 2 N–H and O–H groups in total. The van der Waals surface area contributed by atoms with Crippen LogP contribution in [-0.4, -0.2) is 140 Å². The maximum absolute atomic E-state index is 12.2. The Morgan fingerprint density at radius 2 is 1.50 bits per heavy atom. The van der Waals surface area contributed by atoms with Crippen molar-refractivity contribution in [3.63, 3.8) is 0 Å². The molecule has 175 valence electrons. The molecule has 2 rings (SSSR count). The molecule has 0 aromatic heterocycles. The number of ether oxygens (including phenoxy) is 2. The Morgan fingerprint density at radius 1 is 1.03 bits per heavy atom. The zero-order valence-electron chi connectivity index (χ0n) is 17.2. The second kappa shape index (κ2) is 13.8. The van der Waals surface area contributed by atoms with Gasteiger partial charge in [-0.2, -0.15) is 0 Å². The van der Waals surface area contributed by atoms with Crippen molar-refractivity contribution in [1.29, 1.82) is 0 Å². The number of methoxy groups -OCH3 is 1. The molecule has 0 aromatic carbocycles. The normalized spacial score (nSPS) is 29.7. The van der Waals surface area contributed by atoms with E-state index in [0.717, 1.165) is 0 Å². The summed E-state index contributed by atoms with van der Waals surface area (Å²) in [5, 5.41) is 53.3. The predicted molar refractivity (Wildman–Crippen MR) is 93.1 cm³/mol. The largest absolute Gasteiger partial charge is 3.00 e. The van der Waals surface area contributed by atoms with Crippen LogP contribution in [0.3, 0.4) is 0 Å². The molecule has 2 aliphatic rings. The summed E-state index contributed by atoms with van der Waals surface area (Å²) >= 11 is 0. The van der Waals surface area contributed by atoms with E-state index in [-0.39, 0.29) is 70.8 Å². The minimum atomic E-state index is -1.76. The van der Waals surface area contributed by atoms with Gasteiger partial charge in [0.1, 0.15) is 6.41 Å². The molecule has 2 aliphatic heterocycles. The smallest absolute Gasteiger partial charge is 0.830 e. The molecular weight excluding hydrogens is 545 g/mol. The van der Waals surface area contributed by atoms with Crippen molar-refractivity contribution in [3.8, 4) is 0 Å². The van der Waals surface area contributed by atoms with Crippen LogP contribution in [0.2, 0.25) is 0 Å². The van der Waals surface area contributed by atoms with Gasteiger partial charge in [0.2, 0.25) is 0 Å². The molecular formula is C17H32GdN4O8+. The zero-order chi connectivity index (χ0) is 21.4. The average molecular weight is 578 g/mol. The van der Waals surface area contributed by atoms with Gasteiger partial charge in [0, 0.05) is 52.4 Å². The number of aliphatic hydroxyl groups is 2. The summed E-state index contributed by atoms with van der Waals surface area (Å²) in [7, 11) is 1.31. The van der Waals surface area contributed by atoms with E-state index >= 15 is 0 Å². The molecule has 12 nitrogen and oxygen atoms in total. The molecule has 4 unspecified atom stereocenters. The van der Waals surface area contributed by atoms with E-state index < -0.39 is 25.0 Å². The van der Waals surface area contributed by atoms with E-state index in [1.54, 1.807) is 9.80 Å². The average Bonchev–Trinajstić information content (AvgIpc) is 2.65. The summed E-state index contributed by atoms with van der Waals surface area (Å²) in [5.74, 6) is -0.395. The van der Waals surface area contributed by atoms with Crippen LogP contribution in [0.4, 0.5) is 0 Å². The topological polar surface area (TPSA) is 155 Å². The fourth-order valence-corrected chi connectivity index (χ4v) is 3.59. The molecule has 30 heavy (non-hydrogen) atoms. The van der Waals surface area contributed by atoms with Gasteiger partial charge in [-0.05, 0) is 12.6 Å². The molecule has 0 bridgehead atoms. The van der Waals surface area contributed by atoms with Gasteiger partial charge in [0.15, 0.2) is 6.73 Å². The first kappa shape index (κ1) is 28.4. The first-order chi connectivity index (χ1) is 13.7. The van der Waals surface area contributed by atoms with Crippen LogP contribution >= 0.6 is 0 Å². The van der Waals surface area contributed by atoms with Gasteiger partial charge >= 0.3 is 45.9 Å². The van der Waals surface area contributed by atoms with E-state index in [1.165, 1.54) is 7.11 Å². The number of hydrogen-bond acceptors (Lipinski definition) is 11. The second-order valence-electron chi connectivity index (χ2n) is 7.63. The number of quaternary nitrogens is 1. The van der Waals surface area contributed by atoms with Crippen LogP contribution < -0.4 is 15.3 Å². The molecule has 0 amide bonds. The van der Waals surface area contributed by atoms with Gasteiger partial charge in [-0.15, -0.1) is 0 Å². The van der Waals surface area contributed by atoms with Gasteiger partial charge in [0.25, 0.3) is 0 Å². The van der Waals surface area contributed by atoms with Gasteiger partial charge < -0.3 is 30.3 Å².